The predicted octanol–water partition coefficient (Wildman–Crippen LogP) is 0.271. The summed E-state index contributed by atoms with van der Waals surface area (Å²) < 4.78 is 0. The number of aromatic nitrogens is 1. The molecule has 1 heterocycles. The van der Waals surface area contributed by atoms with E-state index in [-0.39, 0.29) is 18.8 Å². The van der Waals surface area contributed by atoms with E-state index in [1.165, 1.54) is 0 Å². The van der Waals surface area contributed by atoms with Crippen LogP contribution in [0.2, 0.25) is 0 Å². The maximum absolute atomic E-state index is 13.0. The fourth-order valence-electron chi connectivity index (χ4n) is 3.85. The molecule has 0 aliphatic carbocycles. The van der Waals surface area contributed by atoms with Gasteiger partial charge in [-0.2, -0.15) is 0 Å². The van der Waals surface area contributed by atoms with Gasteiger partial charge in [-0.15, -0.1) is 0 Å². The molecule has 4 unspecified atom stereocenters. The molecule has 1 aromatic heterocycles. The molecule has 0 saturated heterocycles. The lowest BCUT2D eigenvalue weighted by molar-refractivity contribution is -0.143. The van der Waals surface area contributed by atoms with Crippen LogP contribution < -0.4 is 21.7 Å². The lowest BCUT2D eigenvalue weighted by atomic mass is 10.0. The normalized spacial score (nSPS) is 14.8. The molecule has 36 heavy (non-hydrogen) atoms. The second kappa shape index (κ2) is 13.0. The summed E-state index contributed by atoms with van der Waals surface area (Å²) in [6.07, 6.45) is 2.31. The molecule has 11 heteroatoms. The van der Waals surface area contributed by atoms with E-state index in [1.807, 2.05) is 38.1 Å². The Morgan fingerprint density at radius 3 is 2.14 bits per heavy atom. The number of aromatic amines is 1. The predicted molar refractivity (Wildman–Crippen MR) is 135 cm³/mol. The minimum atomic E-state index is -1.38. The van der Waals surface area contributed by atoms with Crippen LogP contribution in [-0.2, 0) is 25.6 Å². The number of amides is 3. The molecular weight excluding hydrogens is 466 g/mol. The Morgan fingerprint density at radius 2 is 1.56 bits per heavy atom. The van der Waals surface area contributed by atoms with Gasteiger partial charge < -0.3 is 36.9 Å². The summed E-state index contributed by atoms with van der Waals surface area (Å²) in [6.45, 7) is 6.24. The van der Waals surface area contributed by atoms with Crippen LogP contribution in [0.15, 0.2) is 30.5 Å². The summed E-state index contributed by atoms with van der Waals surface area (Å²) in [7, 11) is 0. The number of hydrogen-bond donors (Lipinski definition) is 7. The van der Waals surface area contributed by atoms with Crippen molar-refractivity contribution >= 4 is 34.6 Å². The van der Waals surface area contributed by atoms with Crippen molar-refractivity contribution in [3.05, 3.63) is 36.0 Å². The number of H-pyrrole nitrogens is 1. The number of carbonyl (C=O) groups is 4. The Bertz CT molecular complexity index is 1070. The second-order valence-electron chi connectivity index (χ2n) is 9.67. The number of nitrogens with two attached hydrogens (primary N) is 1. The van der Waals surface area contributed by atoms with E-state index in [2.05, 4.69) is 20.9 Å². The number of para-hydroxylation sites is 1. The largest absolute Gasteiger partial charge is 0.480 e. The van der Waals surface area contributed by atoms with Gasteiger partial charge in [0.1, 0.15) is 18.1 Å². The molecule has 0 bridgehead atoms. The molecule has 0 aliphatic heterocycles. The molecule has 198 valence electrons. The number of aliphatic hydroxyl groups excluding tert-OH is 1. The van der Waals surface area contributed by atoms with Gasteiger partial charge in [-0.1, -0.05) is 45.9 Å². The van der Waals surface area contributed by atoms with Gasteiger partial charge in [0, 0.05) is 17.1 Å². The summed E-state index contributed by atoms with van der Waals surface area (Å²) in [5.74, 6) is -3.66. The maximum atomic E-state index is 13.0. The van der Waals surface area contributed by atoms with Gasteiger partial charge in [0.15, 0.2) is 0 Å². The Kier molecular flexibility index (Phi) is 10.4. The topological polar surface area (TPSA) is 187 Å². The second-order valence-corrected chi connectivity index (χ2v) is 9.67. The maximum Gasteiger partial charge on any atom is 0.326 e. The first kappa shape index (κ1) is 28.8. The smallest absolute Gasteiger partial charge is 0.326 e. The van der Waals surface area contributed by atoms with Gasteiger partial charge in [0.2, 0.25) is 17.7 Å². The van der Waals surface area contributed by atoms with Crippen LogP contribution in [-0.4, -0.2) is 69.7 Å². The van der Waals surface area contributed by atoms with Crippen LogP contribution in [0.25, 0.3) is 10.9 Å². The number of aliphatic hydroxyl groups is 1. The van der Waals surface area contributed by atoms with Gasteiger partial charge >= 0.3 is 5.97 Å². The number of hydrogen-bond acceptors (Lipinski definition) is 6. The average molecular weight is 504 g/mol. The first-order chi connectivity index (χ1) is 16.9. The highest BCUT2D eigenvalue weighted by Crippen LogP contribution is 2.19. The van der Waals surface area contributed by atoms with Gasteiger partial charge in [-0.05, 0) is 36.3 Å². The summed E-state index contributed by atoms with van der Waals surface area (Å²) in [4.78, 5) is 52.9. The van der Waals surface area contributed by atoms with Crippen molar-refractivity contribution in [2.24, 2.45) is 17.6 Å². The van der Waals surface area contributed by atoms with E-state index in [9.17, 15) is 29.4 Å². The summed E-state index contributed by atoms with van der Waals surface area (Å²) >= 11 is 0. The average Bonchev–Trinajstić information content (AvgIpc) is 3.22. The molecule has 2 aromatic rings. The lowest BCUT2D eigenvalue weighted by Gasteiger charge is -2.26. The lowest BCUT2D eigenvalue weighted by Crippen LogP contribution is -2.58. The zero-order valence-electron chi connectivity index (χ0n) is 21.1. The molecule has 0 saturated carbocycles. The number of carbonyl (C=O) groups excluding carboxylic acids is 3. The van der Waals surface area contributed by atoms with E-state index in [4.69, 9.17) is 5.73 Å². The third-order valence-electron chi connectivity index (χ3n) is 5.84. The fourth-order valence-corrected chi connectivity index (χ4v) is 3.85. The molecule has 0 spiro atoms. The Morgan fingerprint density at radius 1 is 0.944 bits per heavy atom. The highest BCUT2D eigenvalue weighted by molar-refractivity contribution is 5.94. The number of benzene rings is 1. The van der Waals surface area contributed by atoms with Crippen LogP contribution in [0, 0.1) is 11.8 Å². The number of fused-ring (bicyclic) bond motifs is 1. The number of carboxylic acid groups (broad SMARTS) is 1. The van der Waals surface area contributed by atoms with Crippen LogP contribution in [0.1, 0.15) is 39.7 Å². The fraction of sp³-hybridized carbons (Fsp3) is 0.520. The van der Waals surface area contributed by atoms with Crippen molar-refractivity contribution < 1.29 is 29.4 Å². The highest BCUT2D eigenvalue weighted by atomic mass is 16.4. The monoisotopic (exact) mass is 503 g/mol. The van der Waals surface area contributed by atoms with Gasteiger partial charge in [-0.25, -0.2) is 4.79 Å². The Labute approximate surface area is 210 Å². The Balaban J connectivity index is 2.07. The third-order valence-corrected chi connectivity index (χ3v) is 5.84. The van der Waals surface area contributed by atoms with Gasteiger partial charge in [-0.3, -0.25) is 14.4 Å². The molecule has 3 amide bonds. The molecule has 1 aromatic carbocycles. The van der Waals surface area contributed by atoms with Crippen molar-refractivity contribution in [2.45, 2.75) is 64.7 Å². The van der Waals surface area contributed by atoms with E-state index >= 15 is 0 Å². The zero-order valence-corrected chi connectivity index (χ0v) is 21.1. The van der Waals surface area contributed by atoms with E-state index in [1.54, 1.807) is 20.0 Å². The quantitative estimate of drug-likeness (QED) is 0.204. The first-order valence-corrected chi connectivity index (χ1v) is 12.0. The van der Waals surface area contributed by atoms with Crippen LogP contribution in [0.5, 0.6) is 0 Å². The molecule has 2 rings (SSSR count). The molecule has 4 atom stereocenters. The van der Waals surface area contributed by atoms with Crippen LogP contribution in [0.4, 0.5) is 0 Å². The van der Waals surface area contributed by atoms with Crippen molar-refractivity contribution in [1.82, 2.24) is 20.9 Å². The number of nitrogens with one attached hydrogen (secondary N) is 4. The van der Waals surface area contributed by atoms with Crippen molar-refractivity contribution in [3.8, 4) is 0 Å². The van der Waals surface area contributed by atoms with E-state index in [0.717, 1.165) is 16.5 Å². The molecule has 0 aliphatic rings. The van der Waals surface area contributed by atoms with Crippen molar-refractivity contribution in [1.29, 1.82) is 0 Å². The molecule has 11 nitrogen and oxygen atoms in total. The van der Waals surface area contributed by atoms with Crippen molar-refractivity contribution in [2.75, 3.05) is 6.61 Å². The number of aliphatic carboxylic acids is 1. The molecule has 0 radical (unpaired) electrons. The van der Waals surface area contributed by atoms with Crippen molar-refractivity contribution in [3.63, 3.8) is 0 Å². The van der Waals surface area contributed by atoms with Gasteiger partial charge in [0.05, 0.1) is 12.6 Å². The minimum Gasteiger partial charge on any atom is -0.480 e. The molecule has 8 N–H and O–H groups in total. The van der Waals surface area contributed by atoms with Crippen LogP contribution in [0.3, 0.4) is 0 Å². The Hall–Kier alpha value is -3.44. The zero-order chi connectivity index (χ0) is 27.0. The molecular formula is C25H37N5O6. The minimum absolute atomic E-state index is 0.0182. The summed E-state index contributed by atoms with van der Waals surface area (Å²) in [6, 6.07) is 3.13. The number of rotatable bonds is 13. The van der Waals surface area contributed by atoms with Crippen LogP contribution >= 0.6 is 0 Å². The SMILES string of the molecule is CC(C)CC(NC(=O)C(N)Cc1c[nH]c2ccccc12)C(=O)NC(CO)C(=O)NC(C(=O)O)C(C)C. The molecule has 0 fully saturated rings. The highest BCUT2D eigenvalue weighted by Gasteiger charge is 2.31. The summed E-state index contributed by atoms with van der Waals surface area (Å²) in [5, 5.41) is 27.3. The standard InChI is InChI=1S/C25H37N5O6/c1-13(2)9-19(23(33)29-20(12-31)24(34)30-21(14(3)4)25(35)36)28-22(32)17(26)10-15-11-27-18-8-6-5-7-16(15)18/h5-8,11,13-14,17,19-21,27,31H,9-10,12,26H2,1-4H3,(H,28,32)(H,29,33)(H,30,34)(H,35,36). The third kappa shape index (κ3) is 7.79. The van der Waals surface area contributed by atoms with E-state index < -0.39 is 60.4 Å². The first-order valence-electron chi connectivity index (χ1n) is 12.0. The summed E-state index contributed by atoms with van der Waals surface area (Å²) in [5.41, 5.74) is 7.94. The number of carboxylic acids is 1. The van der Waals surface area contributed by atoms with E-state index in [0.29, 0.717) is 0 Å². The van der Waals surface area contributed by atoms with Gasteiger partial charge in [0.25, 0.3) is 0 Å².